The third kappa shape index (κ3) is 5.71. The van der Waals surface area contributed by atoms with E-state index in [1.54, 1.807) is 47.6 Å². The molecule has 0 saturated heterocycles. The Kier molecular flexibility index (Phi) is 8.15. The number of benzene rings is 2. The van der Waals surface area contributed by atoms with Gasteiger partial charge in [0.2, 0.25) is 5.91 Å². The maximum absolute atomic E-state index is 14.1. The first-order chi connectivity index (χ1) is 17.0. The first kappa shape index (κ1) is 24.9. The number of amides is 2. The van der Waals surface area contributed by atoms with E-state index in [9.17, 15) is 14.0 Å². The number of nitrogens with zero attached hydrogens (tertiary/aromatic N) is 2. The molecule has 35 heavy (non-hydrogen) atoms. The van der Waals surface area contributed by atoms with Crippen molar-refractivity contribution in [2.45, 2.75) is 19.4 Å². The summed E-state index contributed by atoms with van der Waals surface area (Å²) in [7, 11) is 1.57. The van der Waals surface area contributed by atoms with Crippen LogP contribution in [-0.4, -0.2) is 61.6 Å². The smallest absolute Gasteiger partial charge is 0.254 e. The van der Waals surface area contributed by atoms with Crippen LogP contribution in [0.1, 0.15) is 32.4 Å². The Morgan fingerprint density at radius 2 is 1.91 bits per heavy atom. The highest BCUT2D eigenvalue weighted by atomic mass is 32.1. The summed E-state index contributed by atoms with van der Waals surface area (Å²) in [6.45, 7) is 3.05. The van der Waals surface area contributed by atoms with Crippen molar-refractivity contribution in [3.63, 3.8) is 0 Å². The van der Waals surface area contributed by atoms with Gasteiger partial charge in [0.1, 0.15) is 13.2 Å². The first-order valence-corrected chi connectivity index (χ1v) is 12.4. The molecule has 0 saturated carbocycles. The van der Waals surface area contributed by atoms with Crippen molar-refractivity contribution in [2.75, 3.05) is 40.0 Å². The second-order valence-electron chi connectivity index (χ2n) is 8.43. The van der Waals surface area contributed by atoms with Crippen LogP contribution in [0.15, 0.2) is 60.0 Å². The molecule has 3 aromatic rings. The van der Waals surface area contributed by atoms with E-state index in [0.29, 0.717) is 25.3 Å². The Bertz CT molecular complexity index is 1180. The molecule has 0 spiro atoms. The highest BCUT2D eigenvalue weighted by molar-refractivity contribution is 7.10. The maximum Gasteiger partial charge on any atom is 0.254 e. The van der Waals surface area contributed by atoms with E-state index in [0.717, 1.165) is 17.5 Å². The van der Waals surface area contributed by atoms with Gasteiger partial charge in [-0.15, -0.1) is 11.3 Å². The summed E-state index contributed by atoms with van der Waals surface area (Å²) in [5, 5.41) is 2.00. The lowest BCUT2D eigenvalue weighted by molar-refractivity contribution is -0.135. The first-order valence-electron chi connectivity index (χ1n) is 11.6. The molecule has 0 N–H and O–H groups in total. The number of fused-ring (bicyclic) bond motifs is 1. The van der Waals surface area contributed by atoms with Gasteiger partial charge >= 0.3 is 0 Å². The molecular weight excluding hydrogens is 467 g/mol. The average molecular weight is 497 g/mol. The quantitative estimate of drug-likeness (QED) is 0.438. The van der Waals surface area contributed by atoms with Crippen LogP contribution in [-0.2, 0) is 16.0 Å². The van der Waals surface area contributed by atoms with Crippen molar-refractivity contribution in [3.8, 4) is 5.75 Å². The number of aryl methyl sites for hydroxylation is 1. The molecule has 1 atom stereocenters. The van der Waals surface area contributed by atoms with Gasteiger partial charge < -0.3 is 19.3 Å². The normalized spacial score (nSPS) is 14.9. The summed E-state index contributed by atoms with van der Waals surface area (Å²) in [5.41, 5.74) is 2.43. The molecule has 1 aliphatic rings. The average Bonchev–Trinajstić information content (AvgIpc) is 3.35. The van der Waals surface area contributed by atoms with E-state index in [2.05, 4.69) is 0 Å². The van der Waals surface area contributed by atoms with Crippen molar-refractivity contribution in [1.29, 1.82) is 0 Å². The Labute approximate surface area is 208 Å². The number of methoxy groups -OCH3 is 1. The number of hydrogen-bond acceptors (Lipinski definition) is 5. The van der Waals surface area contributed by atoms with E-state index >= 15 is 0 Å². The van der Waals surface area contributed by atoms with Crippen LogP contribution >= 0.6 is 11.3 Å². The molecule has 1 aromatic heterocycles. The number of para-hydroxylation sites is 1. The summed E-state index contributed by atoms with van der Waals surface area (Å²) in [5.74, 6) is -0.678. The third-order valence-corrected chi connectivity index (χ3v) is 7.20. The number of ether oxygens (including phenoxy) is 2. The number of rotatable bonds is 9. The lowest BCUT2D eigenvalue weighted by Crippen LogP contribution is -2.48. The zero-order valence-corrected chi connectivity index (χ0v) is 20.7. The maximum atomic E-state index is 14.1. The number of halogens is 1. The van der Waals surface area contributed by atoms with Crippen LogP contribution in [0, 0.1) is 12.7 Å². The van der Waals surface area contributed by atoms with Crippen molar-refractivity contribution in [2.24, 2.45) is 0 Å². The van der Waals surface area contributed by atoms with Crippen molar-refractivity contribution < 1.29 is 23.5 Å². The Hall–Kier alpha value is -3.23. The van der Waals surface area contributed by atoms with Gasteiger partial charge in [0.25, 0.3) is 5.91 Å². The fraction of sp³-hybridized carbons (Fsp3) is 0.333. The lowest BCUT2D eigenvalue weighted by atomic mass is 10.00. The second kappa shape index (κ2) is 11.5. The molecule has 0 fully saturated rings. The summed E-state index contributed by atoms with van der Waals surface area (Å²) in [6.07, 6.45) is 0.735. The van der Waals surface area contributed by atoms with Gasteiger partial charge in [-0.2, -0.15) is 0 Å². The second-order valence-corrected chi connectivity index (χ2v) is 9.43. The minimum absolute atomic E-state index is 0.0772. The van der Waals surface area contributed by atoms with Crippen LogP contribution in [0.4, 0.5) is 4.39 Å². The molecule has 184 valence electrons. The Morgan fingerprint density at radius 3 is 2.69 bits per heavy atom. The van der Waals surface area contributed by atoms with Gasteiger partial charge in [0, 0.05) is 30.6 Å². The monoisotopic (exact) mass is 496 g/mol. The van der Waals surface area contributed by atoms with Gasteiger partial charge in [0.05, 0.1) is 12.6 Å². The molecule has 1 unspecified atom stereocenters. The molecule has 4 rings (SSSR count). The number of thiophene rings is 1. The predicted molar refractivity (Wildman–Crippen MR) is 133 cm³/mol. The highest BCUT2D eigenvalue weighted by Gasteiger charge is 2.34. The molecule has 2 amide bonds. The van der Waals surface area contributed by atoms with Crippen LogP contribution < -0.4 is 4.74 Å². The molecule has 0 bridgehead atoms. The molecule has 2 heterocycles. The minimum Gasteiger partial charge on any atom is -0.488 e. The highest BCUT2D eigenvalue weighted by Crippen LogP contribution is 2.34. The standard InChI is InChI=1S/C27H29FN2O4S/c1-19-7-3-4-8-20(19)27(32)29(14-15-33-2)17-26(31)30-13-11-25-21(12-16-35-25)23(30)18-34-24-10-6-5-9-22(24)28/h3-10,12,16,23H,11,13-15,17-18H2,1-2H3. The van der Waals surface area contributed by atoms with E-state index in [-0.39, 0.29) is 36.8 Å². The van der Waals surface area contributed by atoms with Crippen LogP contribution in [0.3, 0.4) is 0 Å². The molecule has 8 heteroatoms. The van der Waals surface area contributed by atoms with E-state index in [1.165, 1.54) is 15.8 Å². The van der Waals surface area contributed by atoms with Gasteiger partial charge in [-0.1, -0.05) is 30.3 Å². The Morgan fingerprint density at radius 1 is 1.14 bits per heavy atom. The third-order valence-electron chi connectivity index (χ3n) is 6.20. The molecule has 1 aliphatic heterocycles. The largest absolute Gasteiger partial charge is 0.488 e. The lowest BCUT2D eigenvalue weighted by Gasteiger charge is -2.37. The van der Waals surface area contributed by atoms with Crippen molar-refractivity contribution in [1.82, 2.24) is 9.80 Å². The number of carbonyl (C=O) groups excluding carboxylic acids is 2. The SMILES string of the molecule is COCCN(CC(=O)N1CCc2sccc2C1COc1ccccc1F)C(=O)c1ccccc1C. The predicted octanol–water partition coefficient (Wildman–Crippen LogP) is 4.49. The van der Waals surface area contributed by atoms with Crippen molar-refractivity contribution >= 4 is 23.2 Å². The fourth-order valence-electron chi connectivity index (χ4n) is 4.30. The minimum atomic E-state index is -0.443. The van der Waals surface area contributed by atoms with E-state index in [4.69, 9.17) is 9.47 Å². The van der Waals surface area contributed by atoms with Gasteiger partial charge in [0.15, 0.2) is 11.6 Å². The molecule has 6 nitrogen and oxygen atoms in total. The van der Waals surface area contributed by atoms with Gasteiger partial charge in [-0.25, -0.2) is 4.39 Å². The van der Waals surface area contributed by atoms with Crippen LogP contribution in [0.5, 0.6) is 5.75 Å². The Balaban J connectivity index is 1.54. The molecule has 0 aliphatic carbocycles. The van der Waals surface area contributed by atoms with Crippen LogP contribution in [0.2, 0.25) is 0 Å². The van der Waals surface area contributed by atoms with Crippen LogP contribution in [0.25, 0.3) is 0 Å². The van der Waals surface area contributed by atoms with Crippen molar-refractivity contribution in [3.05, 3.63) is 87.4 Å². The summed E-state index contributed by atoms with van der Waals surface area (Å²) in [4.78, 5) is 31.4. The molecular formula is C27H29FN2O4S. The summed E-state index contributed by atoms with van der Waals surface area (Å²) < 4.78 is 25.2. The zero-order valence-electron chi connectivity index (χ0n) is 19.9. The van der Waals surface area contributed by atoms with E-state index < -0.39 is 5.82 Å². The van der Waals surface area contributed by atoms with Gasteiger partial charge in [-0.3, -0.25) is 9.59 Å². The molecule has 0 radical (unpaired) electrons. The molecule has 2 aromatic carbocycles. The zero-order chi connectivity index (χ0) is 24.8. The number of carbonyl (C=O) groups is 2. The number of hydrogen-bond donors (Lipinski definition) is 0. The topological polar surface area (TPSA) is 59.1 Å². The van der Waals surface area contributed by atoms with Gasteiger partial charge in [-0.05, 0) is 54.1 Å². The fourth-order valence-corrected chi connectivity index (χ4v) is 5.22. The van der Waals surface area contributed by atoms with E-state index in [1.807, 2.05) is 36.6 Å². The summed E-state index contributed by atoms with van der Waals surface area (Å²) in [6, 6.07) is 15.2. The summed E-state index contributed by atoms with van der Waals surface area (Å²) >= 11 is 1.65.